The lowest BCUT2D eigenvalue weighted by Crippen LogP contribution is -2.41. The van der Waals surface area contributed by atoms with Crippen LogP contribution in [0.2, 0.25) is 0 Å². The van der Waals surface area contributed by atoms with Crippen LogP contribution in [0.3, 0.4) is 0 Å². The molecule has 32 heavy (non-hydrogen) atoms. The minimum absolute atomic E-state index is 0. The fraction of sp³-hybridized carbons (Fsp3) is 0.421. The normalized spacial score (nSPS) is 13.1. The van der Waals surface area contributed by atoms with Crippen molar-refractivity contribution in [2.45, 2.75) is 31.1 Å². The highest BCUT2D eigenvalue weighted by Gasteiger charge is 2.29. The second kappa shape index (κ2) is 14.3. The van der Waals surface area contributed by atoms with Crippen molar-refractivity contribution in [2.75, 3.05) is 18.6 Å². The second-order valence-corrected chi connectivity index (χ2v) is 7.52. The van der Waals surface area contributed by atoms with Gasteiger partial charge >= 0.3 is 11.9 Å². The molecule has 0 aliphatic heterocycles. The number of aromatic amines is 1. The zero-order valence-corrected chi connectivity index (χ0v) is 18.1. The van der Waals surface area contributed by atoms with E-state index in [9.17, 15) is 19.5 Å². The molecule has 11 N–H and O–H groups in total. The summed E-state index contributed by atoms with van der Waals surface area (Å²) in [5.41, 5.74) is 7.85. The molecule has 1 amide bonds. The number of aliphatic carboxylic acids is 2. The van der Waals surface area contributed by atoms with Crippen molar-refractivity contribution in [1.29, 1.82) is 0 Å². The van der Waals surface area contributed by atoms with E-state index in [0.717, 1.165) is 22.2 Å². The van der Waals surface area contributed by atoms with Crippen LogP contribution in [0.1, 0.15) is 12.0 Å². The summed E-state index contributed by atoms with van der Waals surface area (Å²) in [7, 11) is 0. The third-order valence-corrected chi connectivity index (χ3v) is 4.86. The molecule has 0 saturated carbocycles. The largest absolute Gasteiger partial charge is 0.508 e. The Bertz CT molecular complexity index is 872. The highest BCUT2D eigenvalue weighted by molar-refractivity contribution is 7.98. The van der Waals surface area contributed by atoms with Crippen molar-refractivity contribution in [2.24, 2.45) is 5.73 Å². The first kappa shape index (κ1) is 29.2. The molecular weight excluding hydrogens is 446 g/mol. The van der Waals surface area contributed by atoms with E-state index in [1.54, 1.807) is 23.9 Å². The first-order chi connectivity index (χ1) is 14.6. The van der Waals surface area contributed by atoms with E-state index in [1.807, 2.05) is 18.5 Å². The summed E-state index contributed by atoms with van der Waals surface area (Å²) in [5, 5.41) is 45.9. The van der Waals surface area contributed by atoms with Crippen LogP contribution in [0.25, 0.3) is 10.9 Å². The smallest absolute Gasteiger partial charge is 0.335 e. The Kier molecular flexibility index (Phi) is 13.0. The van der Waals surface area contributed by atoms with Gasteiger partial charge in [-0.3, -0.25) is 4.79 Å². The molecule has 3 atom stereocenters. The number of phenolic OH excluding ortho intramolecular Hbond substituents is 1. The summed E-state index contributed by atoms with van der Waals surface area (Å²) in [6.07, 6.45) is 0.759. The lowest BCUT2D eigenvalue weighted by Gasteiger charge is -2.11. The van der Waals surface area contributed by atoms with Gasteiger partial charge in [0.05, 0.1) is 6.04 Å². The maximum atomic E-state index is 11.8. The van der Waals surface area contributed by atoms with E-state index in [1.165, 1.54) is 0 Å². The zero-order chi connectivity index (χ0) is 23.6. The molecule has 2 aromatic rings. The first-order valence-electron chi connectivity index (χ1n) is 9.21. The Labute approximate surface area is 187 Å². The van der Waals surface area contributed by atoms with Crippen molar-refractivity contribution >= 4 is 40.5 Å². The number of benzene rings is 1. The average molecular weight is 476 g/mol. The highest BCUT2D eigenvalue weighted by Crippen LogP contribution is 2.23. The molecule has 0 spiro atoms. The van der Waals surface area contributed by atoms with Gasteiger partial charge in [-0.1, -0.05) is 0 Å². The molecule has 1 heterocycles. The molecule has 2 unspecified atom stereocenters. The number of amides is 1. The van der Waals surface area contributed by atoms with Gasteiger partial charge in [0.25, 0.3) is 0 Å². The van der Waals surface area contributed by atoms with Gasteiger partial charge in [0.2, 0.25) is 5.91 Å². The van der Waals surface area contributed by atoms with Crippen molar-refractivity contribution in [3.8, 4) is 5.75 Å². The van der Waals surface area contributed by atoms with Crippen LogP contribution in [0.4, 0.5) is 0 Å². The number of phenols is 1. The number of carbonyl (C=O) groups is 3. The number of aliphatic hydroxyl groups excluding tert-OH is 2. The predicted octanol–water partition coefficient (Wildman–Crippen LogP) is -1.33. The van der Waals surface area contributed by atoms with Gasteiger partial charge in [-0.15, -0.1) is 0 Å². The van der Waals surface area contributed by atoms with Crippen molar-refractivity contribution in [3.05, 3.63) is 30.0 Å². The van der Waals surface area contributed by atoms with Crippen LogP contribution in [0, 0.1) is 0 Å². The Balaban J connectivity index is 0.000000747. The van der Waals surface area contributed by atoms with Gasteiger partial charge in [-0.25, -0.2) is 9.59 Å². The number of nitrogens with two attached hydrogens (primary N) is 1. The Morgan fingerprint density at radius 2 is 1.75 bits per heavy atom. The Hall–Kier alpha value is -2.84. The van der Waals surface area contributed by atoms with Gasteiger partial charge in [0, 0.05) is 23.6 Å². The molecule has 0 aliphatic carbocycles. The number of fused-ring (bicyclic) bond motifs is 1. The topological polar surface area (TPSA) is 238 Å². The van der Waals surface area contributed by atoms with Crippen molar-refractivity contribution in [3.63, 3.8) is 0 Å². The molecule has 2 rings (SSSR count). The SMILES string of the molecule is CSCC[C@H](N)C(=O)NCCc1c[nH]c2ccc(O)cc12.O.O=C(O)C(O)C(O)C(=O)O. The number of H-pyrrole nitrogens is 1. The molecule has 13 heteroatoms. The summed E-state index contributed by atoms with van der Waals surface area (Å²) >= 11 is 1.68. The molecule has 12 nitrogen and oxygen atoms in total. The summed E-state index contributed by atoms with van der Waals surface area (Å²) in [6, 6.07) is 4.78. The molecule has 180 valence electrons. The van der Waals surface area contributed by atoms with Crippen LogP contribution in [0.5, 0.6) is 5.75 Å². The van der Waals surface area contributed by atoms with E-state index < -0.39 is 30.2 Å². The second-order valence-electron chi connectivity index (χ2n) is 6.54. The molecule has 0 radical (unpaired) electrons. The fourth-order valence-corrected chi connectivity index (χ4v) is 2.96. The van der Waals surface area contributed by atoms with Gasteiger partial charge in [-0.2, -0.15) is 11.8 Å². The van der Waals surface area contributed by atoms with E-state index in [2.05, 4.69) is 10.3 Å². The fourth-order valence-electron chi connectivity index (χ4n) is 2.47. The first-order valence-corrected chi connectivity index (χ1v) is 10.6. The third kappa shape index (κ3) is 9.11. The number of aromatic nitrogens is 1. The number of hydrogen-bond donors (Lipinski definition) is 8. The molecule has 0 bridgehead atoms. The van der Waals surface area contributed by atoms with Gasteiger partial charge in [0.1, 0.15) is 5.75 Å². The monoisotopic (exact) mass is 475 g/mol. The number of hydrogen-bond acceptors (Lipinski definition) is 8. The predicted molar refractivity (Wildman–Crippen MR) is 119 cm³/mol. The lowest BCUT2D eigenvalue weighted by atomic mass is 10.1. The van der Waals surface area contributed by atoms with E-state index in [-0.39, 0.29) is 17.1 Å². The number of carboxylic acids is 2. The highest BCUT2D eigenvalue weighted by atomic mass is 32.2. The van der Waals surface area contributed by atoms with Crippen LogP contribution in [-0.4, -0.2) is 90.6 Å². The molecular formula is C19H29N3O9S. The maximum Gasteiger partial charge on any atom is 0.335 e. The molecule has 1 aromatic carbocycles. The minimum atomic E-state index is -2.27. The number of nitrogens with one attached hydrogen (secondary N) is 2. The van der Waals surface area contributed by atoms with Crippen molar-refractivity contribution < 1.29 is 45.4 Å². The Morgan fingerprint density at radius 1 is 1.16 bits per heavy atom. The van der Waals surface area contributed by atoms with E-state index >= 15 is 0 Å². The number of carbonyl (C=O) groups excluding carboxylic acids is 1. The third-order valence-electron chi connectivity index (χ3n) is 4.22. The summed E-state index contributed by atoms with van der Waals surface area (Å²) < 4.78 is 0. The standard InChI is InChI=1S/C15H21N3O2S.C4H6O6.H2O/c1-21-7-5-13(16)15(20)17-6-4-10-9-18-14-3-2-11(19)8-12(10)14;5-1(3(7)8)2(6)4(9)10;/h2-3,8-9,13,18-19H,4-7,16H2,1H3,(H,17,20);1-2,5-6H,(H,7,8)(H,9,10);1H2/t13-;;/m0../s1. The number of aromatic hydroxyl groups is 1. The summed E-state index contributed by atoms with van der Waals surface area (Å²) in [6.45, 7) is 0.536. The molecule has 0 fully saturated rings. The maximum absolute atomic E-state index is 11.8. The van der Waals surface area contributed by atoms with Gasteiger partial charge in [0.15, 0.2) is 12.2 Å². The Morgan fingerprint density at radius 3 is 2.28 bits per heavy atom. The van der Waals surface area contributed by atoms with E-state index in [4.69, 9.17) is 26.2 Å². The molecule has 1 aromatic heterocycles. The number of rotatable bonds is 10. The van der Waals surface area contributed by atoms with Crippen LogP contribution in [-0.2, 0) is 20.8 Å². The molecule has 0 aliphatic rings. The van der Waals surface area contributed by atoms with E-state index in [0.29, 0.717) is 19.4 Å². The number of carboxylic acid groups (broad SMARTS) is 2. The minimum Gasteiger partial charge on any atom is -0.508 e. The van der Waals surface area contributed by atoms with Crippen molar-refractivity contribution in [1.82, 2.24) is 10.3 Å². The average Bonchev–Trinajstić information content (AvgIpc) is 3.13. The van der Waals surface area contributed by atoms with Gasteiger partial charge < -0.3 is 47.0 Å². The van der Waals surface area contributed by atoms with Crippen LogP contribution in [0.15, 0.2) is 24.4 Å². The zero-order valence-electron chi connectivity index (χ0n) is 17.3. The van der Waals surface area contributed by atoms with Crippen LogP contribution < -0.4 is 11.1 Å². The molecule has 0 saturated heterocycles. The van der Waals surface area contributed by atoms with Crippen LogP contribution >= 0.6 is 11.8 Å². The van der Waals surface area contributed by atoms with Gasteiger partial charge in [-0.05, 0) is 48.6 Å². The number of aliphatic hydroxyl groups is 2. The lowest BCUT2D eigenvalue weighted by molar-refractivity contribution is -0.165. The summed E-state index contributed by atoms with van der Waals surface area (Å²) in [5.74, 6) is -2.51. The number of thioether (sulfide) groups is 1. The quantitative estimate of drug-likeness (QED) is 0.201. The summed E-state index contributed by atoms with van der Waals surface area (Å²) in [4.78, 5) is 34.5.